The number of hydrogen-bond acceptors (Lipinski definition) is 2. The van der Waals surface area contributed by atoms with Crippen molar-refractivity contribution in [1.29, 1.82) is 0 Å². The van der Waals surface area contributed by atoms with Gasteiger partial charge in [-0.3, -0.25) is 4.79 Å². The molecule has 2 aromatic carbocycles. The number of aryl methyl sites for hydroxylation is 1. The maximum atomic E-state index is 13.9. The van der Waals surface area contributed by atoms with Gasteiger partial charge in [0.05, 0.1) is 5.56 Å². The minimum Gasteiger partial charge on any atom is -0.399 e. The van der Waals surface area contributed by atoms with E-state index < -0.39 is 11.7 Å². The Kier molecular flexibility index (Phi) is 4.52. The lowest BCUT2D eigenvalue weighted by Gasteiger charge is -2.09. The summed E-state index contributed by atoms with van der Waals surface area (Å²) in [5.74, 6) is -1.47. The zero-order valence-electron chi connectivity index (χ0n) is 11.6. The lowest BCUT2D eigenvalue weighted by molar-refractivity contribution is 0.0950. The number of carbonyl (C=O) groups is 1. The lowest BCUT2D eigenvalue weighted by atomic mass is 10.1. The quantitative estimate of drug-likeness (QED) is 0.851. The molecule has 21 heavy (non-hydrogen) atoms. The van der Waals surface area contributed by atoms with E-state index in [1.807, 2.05) is 0 Å². The Morgan fingerprint density at radius 3 is 2.67 bits per heavy atom. The van der Waals surface area contributed by atoms with Crippen molar-refractivity contribution in [3.63, 3.8) is 0 Å². The van der Waals surface area contributed by atoms with Gasteiger partial charge in [0, 0.05) is 12.2 Å². The Balaban J connectivity index is 2.01. The standard InChI is InChI=1S/C16H16F2N2O/c1-10-8-12(19)9-13(15(10)18)16(21)20-7-6-11-4-2-3-5-14(11)17/h2-5,8-9H,6-7,19H2,1H3,(H,20,21). The van der Waals surface area contributed by atoms with E-state index in [-0.39, 0.29) is 17.9 Å². The van der Waals surface area contributed by atoms with Crippen LogP contribution in [-0.4, -0.2) is 12.5 Å². The number of anilines is 1. The molecule has 0 bridgehead atoms. The second-order valence-electron chi connectivity index (χ2n) is 4.80. The van der Waals surface area contributed by atoms with Crippen LogP contribution in [0.1, 0.15) is 21.5 Å². The van der Waals surface area contributed by atoms with E-state index in [1.165, 1.54) is 18.2 Å². The first-order chi connectivity index (χ1) is 9.99. The molecular formula is C16H16F2N2O. The van der Waals surface area contributed by atoms with Crippen LogP contribution in [0.2, 0.25) is 0 Å². The van der Waals surface area contributed by atoms with E-state index in [1.54, 1.807) is 25.1 Å². The van der Waals surface area contributed by atoms with Crippen LogP contribution in [0.5, 0.6) is 0 Å². The third kappa shape index (κ3) is 3.56. The monoisotopic (exact) mass is 290 g/mol. The van der Waals surface area contributed by atoms with Gasteiger partial charge in [0.25, 0.3) is 5.91 Å². The highest BCUT2D eigenvalue weighted by molar-refractivity contribution is 5.95. The van der Waals surface area contributed by atoms with Gasteiger partial charge in [0.15, 0.2) is 0 Å². The number of nitrogens with one attached hydrogen (secondary N) is 1. The first-order valence-corrected chi connectivity index (χ1v) is 6.56. The molecule has 3 nitrogen and oxygen atoms in total. The molecule has 0 aliphatic heterocycles. The fourth-order valence-electron chi connectivity index (χ4n) is 2.07. The van der Waals surface area contributed by atoms with Crippen LogP contribution in [0.15, 0.2) is 36.4 Å². The molecule has 3 N–H and O–H groups in total. The predicted octanol–water partition coefficient (Wildman–Crippen LogP) is 2.83. The topological polar surface area (TPSA) is 55.1 Å². The van der Waals surface area contributed by atoms with Gasteiger partial charge in [-0.1, -0.05) is 18.2 Å². The van der Waals surface area contributed by atoms with Gasteiger partial charge in [0.2, 0.25) is 0 Å². The number of nitrogens with two attached hydrogens (primary N) is 1. The van der Waals surface area contributed by atoms with Gasteiger partial charge in [-0.2, -0.15) is 0 Å². The van der Waals surface area contributed by atoms with Crippen molar-refractivity contribution < 1.29 is 13.6 Å². The maximum Gasteiger partial charge on any atom is 0.254 e. The molecule has 0 fully saturated rings. The largest absolute Gasteiger partial charge is 0.399 e. The van der Waals surface area contributed by atoms with Gasteiger partial charge in [-0.05, 0) is 42.7 Å². The van der Waals surface area contributed by atoms with Gasteiger partial charge >= 0.3 is 0 Å². The summed E-state index contributed by atoms with van der Waals surface area (Å²) in [6.45, 7) is 1.76. The van der Waals surface area contributed by atoms with Crippen LogP contribution in [0.4, 0.5) is 14.5 Å². The van der Waals surface area contributed by atoms with Crippen LogP contribution in [0.3, 0.4) is 0 Å². The molecule has 0 unspecified atom stereocenters. The minimum atomic E-state index is -0.590. The summed E-state index contributed by atoms with van der Waals surface area (Å²) in [7, 11) is 0. The molecule has 0 spiro atoms. The zero-order valence-corrected chi connectivity index (χ0v) is 11.6. The van der Waals surface area contributed by atoms with Crippen molar-refractivity contribution in [3.8, 4) is 0 Å². The van der Waals surface area contributed by atoms with Crippen LogP contribution in [0.25, 0.3) is 0 Å². The Morgan fingerprint density at radius 2 is 1.95 bits per heavy atom. The number of nitrogen functional groups attached to an aromatic ring is 1. The van der Waals surface area contributed by atoms with Gasteiger partial charge < -0.3 is 11.1 Å². The van der Waals surface area contributed by atoms with Crippen LogP contribution < -0.4 is 11.1 Å². The molecule has 0 radical (unpaired) electrons. The Labute approximate surface area is 121 Å². The fraction of sp³-hybridized carbons (Fsp3) is 0.188. The molecule has 5 heteroatoms. The van der Waals surface area contributed by atoms with Gasteiger partial charge in [-0.25, -0.2) is 8.78 Å². The molecule has 2 aromatic rings. The summed E-state index contributed by atoms with van der Waals surface area (Å²) >= 11 is 0. The Hall–Kier alpha value is -2.43. The highest BCUT2D eigenvalue weighted by atomic mass is 19.1. The second kappa shape index (κ2) is 6.35. The molecule has 2 rings (SSSR count). The highest BCUT2D eigenvalue weighted by Crippen LogP contribution is 2.17. The third-order valence-electron chi connectivity index (χ3n) is 3.16. The zero-order chi connectivity index (χ0) is 15.4. The van der Waals surface area contributed by atoms with Crippen molar-refractivity contribution in [2.45, 2.75) is 13.3 Å². The first-order valence-electron chi connectivity index (χ1n) is 6.56. The van der Waals surface area contributed by atoms with Crippen molar-refractivity contribution in [3.05, 3.63) is 64.7 Å². The fourth-order valence-corrected chi connectivity index (χ4v) is 2.07. The van der Waals surface area contributed by atoms with E-state index in [0.717, 1.165) is 0 Å². The van der Waals surface area contributed by atoms with Gasteiger partial charge in [0.1, 0.15) is 11.6 Å². The van der Waals surface area contributed by atoms with Crippen molar-refractivity contribution in [1.82, 2.24) is 5.32 Å². The maximum absolute atomic E-state index is 13.9. The summed E-state index contributed by atoms with van der Waals surface area (Å²) in [5.41, 5.74) is 6.66. The number of benzene rings is 2. The summed E-state index contributed by atoms with van der Waals surface area (Å²) < 4.78 is 27.3. The summed E-state index contributed by atoms with van der Waals surface area (Å²) in [5, 5.41) is 2.57. The highest BCUT2D eigenvalue weighted by Gasteiger charge is 2.14. The minimum absolute atomic E-state index is 0.0963. The van der Waals surface area contributed by atoms with E-state index in [0.29, 0.717) is 23.2 Å². The summed E-state index contributed by atoms with van der Waals surface area (Å²) in [6.07, 6.45) is 0.335. The molecule has 0 aromatic heterocycles. The van der Waals surface area contributed by atoms with Crippen molar-refractivity contribution in [2.75, 3.05) is 12.3 Å². The molecular weight excluding hydrogens is 274 g/mol. The van der Waals surface area contributed by atoms with Crippen molar-refractivity contribution in [2.24, 2.45) is 0 Å². The molecule has 0 saturated heterocycles. The second-order valence-corrected chi connectivity index (χ2v) is 4.80. The summed E-state index contributed by atoms with van der Waals surface area (Å²) in [6, 6.07) is 9.08. The Bertz CT molecular complexity index is 671. The SMILES string of the molecule is Cc1cc(N)cc(C(=O)NCCc2ccccc2F)c1F. The molecule has 0 aliphatic rings. The van der Waals surface area contributed by atoms with Crippen LogP contribution in [-0.2, 0) is 6.42 Å². The predicted molar refractivity (Wildman–Crippen MR) is 78.0 cm³/mol. The van der Waals surface area contributed by atoms with E-state index in [9.17, 15) is 13.6 Å². The van der Waals surface area contributed by atoms with E-state index in [4.69, 9.17) is 5.73 Å². The number of amides is 1. The van der Waals surface area contributed by atoms with Gasteiger partial charge in [-0.15, -0.1) is 0 Å². The molecule has 110 valence electrons. The van der Waals surface area contributed by atoms with Crippen LogP contribution >= 0.6 is 0 Å². The number of rotatable bonds is 4. The smallest absolute Gasteiger partial charge is 0.254 e. The molecule has 1 amide bonds. The molecule has 0 saturated carbocycles. The average molecular weight is 290 g/mol. The van der Waals surface area contributed by atoms with Crippen molar-refractivity contribution >= 4 is 11.6 Å². The normalized spacial score (nSPS) is 10.4. The average Bonchev–Trinajstić information content (AvgIpc) is 2.44. The first kappa shape index (κ1) is 15.0. The third-order valence-corrected chi connectivity index (χ3v) is 3.16. The molecule has 0 atom stereocenters. The Morgan fingerprint density at radius 1 is 1.24 bits per heavy atom. The van der Waals surface area contributed by atoms with E-state index in [2.05, 4.69) is 5.32 Å². The number of carbonyl (C=O) groups excluding carboxylic acids is 1. The summed E-state index contributed by atoms with van der Waals surface area (Å²) in [4.78, 5) is 11.9. The lowest BCUT2D eigenvalue weighted by Crippen LogP contribution is -2.27. The van der Waals surface area contributed by atoms with E-state index >= 15 is 0 Å². The number of hydrogen-bond donors (Lipinski definition) is 2. The van der Waals surface area contributed by atoms with Crippen LogP contribution in [0, 0.1) is 18.6 Å². The number of halogens is 2. The molecule has 0 aliphatic carbocycles. The molecule has 0 heterocycles.